The third-order valence-electron chi connectivity index (χ3n) is 6.08. The van der Waals surface area contributed by atoms with E-state index in [9.17, 15) is 0 Å². The molecule has 1 heterocycles. The van der Waals surface area contributed by atoms with Gasteiger partial charge in [0, 0.05) is 6.07 Å². The predicted molar refractivity (Wildman–Crippen MR) is 127 cm³/mol. The van der Waals surface area contributed by atoms with Gasteiger partial charge in [0.05, 0.1) is 10.9 Å². The van der Waals surface area contributed by atoms with Gasteiger partial charge in [0.2, 0.25) is 5.69 Å². The van der Waals surface area contributed by atoms with Crippen LogP contribution in [-0.4, -0.2) is 0 Å². The minimum Gasteiger partial charge on any atom is -0.200 e. The Hall–Kier alpha value is -2.15. The van der Waals surface area contributed by atoms with Gasteiger partial charge in [0.25, 0.3) is 0 Å². The molecule has 0 bridgehead atoms. The summed E-state index contributed by atoms with van der Waals surface area (Å²) < 4.78 is 10.7. The summed E-state index contributed by atoms with van der Waals surface area (Å²) in [4.78, 5) is 0. The molecule has 0 amide bonds. The van der Waals surface area contributed by atoms with E-state index in [2.05, 4.69) is 92.6 Å². The van der Waals surface area contributed by atoms with Crippen molar-refractivity contribution >= 4 is 10.8 Å². The van der Waals surface area contributed by atoms with Crippen LogP contribution in [0.2, 0.25) is 0 Å². The fourth-order valence-electron chi connectivity index (χ4n) is 4.18. The average molecular weight is 390 g/mol. The molecule has 0 aliphatic heterocycles. The van der Waals surface area contributed by atoms with Gasteiger partial charge < -0.3 is 0 Å². The van der Waals surface area contributed by atoms with Crippen LogP contribution in [0.1, 0.15) is 84.9 Å². The molecule has 0 saturated heterocycles. The molecule has 1 heteroatoms. The van der Waals surface area contributed by atoms with Gasteiger partial charge in [-0.1, -0.05) is 73.6 Å². The van der Waals surface area contributed by atoms with Crippen LogP contribution in [0.5, 0.6) is 0 Å². The first-order chi connectivity index (χ1) is 13.7. The summed E-state index contributed by atoms with van der Waals surface area (Å²) in [7, 11) is 2.02. The minimum absolute atomic E-state index is 0.0534. The van der Waals surface area contributed by atoms with Gasteiger partial charge in [-0.3, -0.25) is 0 Å². The molecule has 0 spiro atoms. The fourth-order valence-corrected chi connectivity index (χ4v) is 4.18. The zero-order chi connectivity index (χ0) is 22.6. The van der Waals surface area contributed by atoms with Crippen LogP contribution >= 0.6 is 0 Å². The van der Waals surface area contributed by atoms with Crippen molar-refractivity contribution in [2.24, 2.45) is 7.05 Å². The van der Waals surface area contributed by atoms with E-state index in [0.717, 1.165) is 11.1 Å². The molecule has 1 aromatic heterocycles. The number of hydrogen-bond donors (Lipinski definition) is 0. The van der Waals surface area contributed by atoms with E-state index in [0.29, 0.717) is 12.1 Å². The van der Waals surface area contributed by atoms with Gasteiger partial charge in [-0.05, 0) is 63.4 Å². The van der Waals surface area contributed by atoms with Crippen molar-refractivity contribution in [1.82, 2.24) is 0 Å². The molecular formula is C28H38N+. The van der Waals surface area contributed by atoms with E-state index in [-0.39, 0.29) is 10.8 Å². The quantitative estimate of drug-likeness (QED) is 0.403. The van der Waals surface area contributed by atoms with Crippen molar-refractivity contribution in [2.75, 3.05) is 0 Å². The molecule has 2 aromatic carbocycles. The molecule has 29 heavy (non-hydrogen) atoms. The Morgan fingerprint density at radius 2 is 1.55 bits per heavy atom. The zero-order valence-corrected chi connectivity index (χ0v) is 20.0. The number of benzene rings is 2. The summed E-state index contributed by atoms with van der Waals surface area (Å²) in [5.41, 5.74) is 7.84. The fraction of sp³-hybridized carbons (Fsp3) is 0.464. The van der Waals surface area contributed by atoms with Crippen molar-refractivity contribution in [3.05, 3.63) is 64.8 Å². The number of nitrogens with zero attached hydrogens (tertiary/aromatic N) is 1. The Labute approximate surface area is 179 Å². The van der Waals surface area contributed by atoms with E-state index < -0.39 is 0 Å². The lowest BCUT2D eigenvalue weighted by Gasteiger charge is -2.28. The van der Waals surface area contributed by atoms with Crippen LogP contribution in [0.15, 0.2) is 42.6 Å². The molecule has 154 valence electrons. The molecule has 0 fully saturated rings. The monoisotopic (exact) mass is 389 g/mol. The van der Waals surface area contributed by atoms with Crippen LogP contribution < -0.4 is 4.57 Å². The first-order valence-electron chi connectivity index (χ1n) is 11.3. The lowest BCUT2D eigenvalue weighted by molar-refractivity contribution is -0.659. The van der Waals surface area contributed by atoms with E-state index in [1.807, 2.05) is 17.7 Å². The summed E-state index contributed by atoms with van der Waals surface area (Å²) in [5, 5.41) is 2.36. The number of pyridine rings is 1. The second-order valence-corrected chi connectivity index (χ2v) is 10.9. The van der Waals surface area contributed by atoms with E-state index in [1.165, 1.54) is 33.2 Å². The van der Waals surface area contributed by atoms with Gasteiger partial charge >= 0.3 is 0 Å². The standard InChI is InChI=1S/C28H38N/c1-18(2)20-11-12-23-21(15-20)13-14-29(10)26(23)24-16-22(27(4,5)6)17-25(19(24)3)28(7,8)9/h11-18H,1-10H3/q+1/i14D. The molecule has 0 saturated carbocycles. The summed E-state index contributed by atoms with van der Waals surface area (Å²) in [6.45, 7) is 20.4. The van der Waals surface area contributed by atoms with Crippen molar-refractivity contribution in [1.29, 1.82) is 0 Å². The Kier molecular flexibility index (Phi) is 5.05. The van der Waals surface area contributed by atoms with Gasteiger partial charge in [-0.25, -0.2) is 4.57 Å². The topological polar surface area (TPSA) is 3.88 Å². The largest absolute Gasteiger partial charge is 0.220 e. The molecule has 3 rings (SSSR count). The molecule has 0 unspecified atom stereocenters. The highest BCUT2D eigenvalue weighted by Crippen LogP contribution is 2.38. The van der Waals surface area contributed by atoms with Gasteiger partial charge in [-0.15, -0.1) is 0 Å². The third kappa shape index (κ3) is 4.10. The summed E-state index contributed by atoms with van der Waals surface area (Å²) in [5.74, 6) is 0.472. The maximum atomic E-state index is 8.66. The van der Waals surface area contributed by atoms with Gasteiger partial charge in [0.1, 0.15) is 8.42 Å². The van der Waals surface area contributed by atoms with Crippen molar-refractivity contribution < 1.29 is 5.94 Å². The van der Waals surface area contributed by atoms with Crippen LogP contribution in [-0.2, 0) is 17.9 Å². The lowest BCUT2D eigenvalue weighted by atomic mass is 9.76. The Morgan fingerprint density at radius 1 is 0.897 bits per heavy atom. The molecule has 3 aromatic rings. The van der Waals surface area contributed by atoms with Crippen molar-refractivity contribution in [3.63, 3.8) is 0 Å². The first kappa shape index (κ1) is 20.1. The Balaban J connectivity index is 2.47. The van der Waals surface area contributed by atoms with Crippen LogP contribution in [0.25, 0.3) is 22.0 Å². The normalized spacial score (nSPS) is 13.3. The highest BCUT2D eigenvalue weighted by Gasteiger charge is 2.27. The molecule has 1 nitrogen and oxygen atoms in total. The molecule has 0 atom stereocenters. The SMILES string of the molecule is [2H]c1cc2cc(C(C)C)ccc2c(-c2cc(C(C)(C)C)cc(C(C)(C)C)c2C)[n+]1C. The number of fused-ring (bicyclic) bond motifs is 1. The molecule has 0 radical (unpaired) electrons. The Bertz CT molecular complexity index is 1110. The smallest absolute Gasteiger partial charge is 0.200 e. The number of rotatable bonds is 2. The van der Waals surface area contributed by atoms with Crippen LogP contribution in [0.4, 0.5) is 0 Å². The maximum absolute atomic E-state index is 8.66. The third-order valence-corrected chi connectivity index (χ3v) is 6.08. The van der Waals surface area contributed by atoms with E-state index in [1.54, 1.807) is 0 Å². The number of hydrogen-bond acceptors (Lipinski definition) is 0. The highest BCUT2D eigenvalue weighted by atomic mass is 14.9. The van der Waals surface area contributed by atoms with Gasteiger partial charge in [-0.2, -0.15) is 0 Å². The van der Waals surface area contributed by atoms with Crippen LogP contribution in [0, 0.1) is 6.92 Å². The summed E-state index contributed by atoms with van der Waals surface area (Å²) in [6, 6.07) is 13.5. The Morgan fingerprint density at radius 3 is 2.10 bits per heavy atom. The van der Waals surface area contributed by atoms with Gasteiger partial charge in [0.15, 0.2) is 6.17 Å². The van der Waals surface area contributed by atoms with Crippen molar-refractivity contribution in [3.8, 4) is 11.3 Å². The van der Waals surface area contributed by atoms with Crippen molar-refractivity contribution in [2.45, 2.75) is 79.1 Å². The molecule has 0 aliphatic rings. The molecule has 0 N–H and O–H groups in total. The average Bonchev–Trinajstić information content (AvgIpc) is 2.61. The predicted octanol–water partition coefficient (Wildman–Crippen LogP) is 7.36. The summed E-state index contributed by atoms with van der Waals surface area (Å²) in [6.07, 6.45) is 0.538. The maximum Gasteiger partial charge on any atom is 0.220 e. The highest BCUT2D eigenvalue weighted by molar-refractivity contribution is 5.94. The lowest BCUT2D eigenvalue weighted by Crippen LogP contribution is -2.31. The first-order valence-corrected chi connectivity index (χ1v) is 10.8. The van der Waals surface area contributed by atoms with Crippen LogP contribution in [0.3, 0.4) is 0 Å². The molecular weight excluding hydrogens is 350 g/mol. The second-order valence-electron chi connectivity index (χ2n) is 10.9. The zero-order valence-electron chi connectivity index (χ0n) is 21.0. The van der Waals surface area contributed by atoms with E-state index >= 15 is 0 Å². The summed E-state index contributed by atoms with van der Waals surface area (Å²) >= 11 is 0. The van der Waals surface area contributed by atoms with E-state index in [4.69, 9.17) is 1.37 Å². The minimum atomic E-state index is 0.0534. The second kappa shape index (κ2) is 7.27. The molecule has 0 aliphatic carbocycles. The number of aromatic nitrogens is 1.